The van der Waals surface area contributed by atoms with Crippen LogP contribution in [0.5, 0.6) is 0 Å². The summed E-state index contributed by atoms with van der Waals surface area (Å²) in [7, 11) is 0. The number of Topliss-reactive ketones (excluding diaryl/α,β-unsaturated/α-hetero) is 1. The first-order valence-electron chi connectivity index (χ1n) is 6.41. The minimum atomic E-state index is 0.0752. The van der Waals surface area contributed by atoms with Crippen molar-refractivity contribution in [3.05, 3.63) is 29.3 Å². The summed E-state index contributed by atoms with van der Waals surface area (Å²) in [5.74, 6) is 0.0752. The third-order valence-electron chi connectivity index (χ3n) is 3.52. The first-order chi connectivity index (χ1) is 9.10. The highest BCUT2D eigenvalue weighted by molar-refractivity contribution is 5.98. The predicted octanol–water partition coefficient (Wildman–Crippen LogP) is 0.534. The van der Waals surface area contributed by atoms with Crippen LogP contribution in [-0.2, 0) is 4.79 Å². The van der Waals surface area contributed by atoms with Crippen LogP contribution in [0, 0.1) is 6.92 Å². The molecule has 1 aromatic rings. The molecule has 0 saturated carbocycles. The number of hydrogen-bond acceptors (Lipinski definition) is 4. The van der Waals surface area contributed by atoms with Crippen molar-refractivity contribution in [3.8, 4) is 0 Å². The Morgan fingerprint density at radius 1 is 1.32 bits per heavy atom. The highest BCUT2D eigenvalue weighted by atomic mass is 16.1. The van der Waals surface area contributed by atoms with Crippen molar-refractivity contribution in [3.63, 3.8) is 0 Å². The zero-order chi connectivity index (χ0) is 13.8. The number of aryl methyl sites for hydroxylation is 1. The fourth-order valence-electron chi connectivity index (χ4n) is 2.14. The van der Waals surface area contributed by atoms with Crippen LogP contribution < -0.4 is 5.73 Å². The Balaban J connectivity index is 1.94. The van der Waals surface area contributed by atoms with Crippen LogP contribution >= 0.6 is 0 Å². The molecule has 5 heteroatoms. The van der Waals surface area contributed by atoms with Gasteiger partial charge in [0.15, 0.2) is 5.78 Å². The number of benzene rings is 1. The number of anilines is 1. The van der Waals surface area contributed by atoms with Crippen LogP contribution in [0.15, 0.2) is 18.2 Å². The Bertz CT molecular complexity index is 480. The molecule has 102 valence electrons. The van der Waals surface area contributed by atoms with E-state index in [9.17, 15) is 9.59 Å². The summed E-state index contributed by atoms with van der Waals surface area (Å²) >= 11 is 0. The number of ketones is 1. The molecule has 0 aromatic heterocycles. The molecular formula is C14H19N3O2. The van der Waals surface area contributed by atoms with Gasteiger partial charge >= 0.3 is 0 Å². The molecule has 1 amide bonds. The Kier molecular flexibility index (Phi) is 4.16. The zero-order valence-electron chi connectivity index (χ0n) is 11.1. The minimum Gasteiger partial charge on any atom is -0.398 e. The number of amides is 1. The Labute approximate surface area is 113 Å². The Morgan fingerprint density at radius 2 is 2.00 bits per heavy atom. The summed E-state index contributed by atoms with van der Waals surface area (Å²) in [6.07, 6.45) is 0.861. The van der Waals surface area contributed by atoms with Crippen molar-refractivity contribution in [1.29, 1.82) is 0 Å². The molecule has 1 aliphatic rings. The number of carbonyl (C=O) groups is 2. The van der Waals surface area contributed by atoms with Crippen LogP contribution in [-0.4, -0.2) is 54.7 Å². The second-order valence-electron chi connectivity index (χ2n) is 4.91. The molecule has 1 aliphatic heterocycles. The molecule has 0 atom stereocenters. The van der Waals surface area contributed by atoms with E-state index in [2.05, 4.69) is 4.90 Å². The lowest BCUT2D eigenvalue weighted by molar-refractivity contribution is -0.119. The number of carbonyl (C=O) groups excluding carboxylic acids is 2. The van der Waals surface area contributed by atoms with Gasteiger partial charge in [-0.05, 0) is 18.6 Å². The molecule has 5 nitrogen and oxygen atoms in total. The van der Waals surface area contributed by atoms with E-state index in [0.717, 1.165) is 25.1 Å². The molecule has 2 N–H and O–H groups in total. The lowest BCUT2D eigenvalue weighted by atomic mass is 10.1. The summed E-state index contributed by atoms with van der Waals surface area (Å²) in [6.45, 7) is 5.16. The van der Waals surface area contributed by atoms with Crippen molar-refractivity contribution in [2.75, 3.05) is 38.5 Å². The van der Waals surface area contributed by atoms with E-state index in [1.54, 1.807) is 11.0 Å². The quantitative estimate of drug-likeness (QED) is 0.488. The van der Waals surface area contributed by atoms with Crippen molar-refractivity contribution in [2.24, 2.45) is 0 Å². The molecule has 1 aromatic carbocycles. The normalized spacial score (nSPS) is 16.4. The predicted molar refractivity (Wildman–Crippen MR) is 74.0 cm³/mol. The van der Waals surface area contributed by atoms with E-state index in [0.29, 0.717) is 30.9 Å². The number of piperazine rings is 1. The SMILES string of the molecule is Cc1ccc(C(=O)CN2CCN(C=O)CC2)cc1N. The summed E-state index contributed by atoms with van der Waals surface area (Å²) < 4.78 is 0. The lowest BCUT2D eigenvalue weighted by Crippen LogP contribution is -2.47. The van der Waals surface area contributed by atoms with Gasteiger partial charge in [0, 0.05) is 37.4 Å². The van der Waals surface area contributed by atoms with Crippen LogP contribution in [0.2, 0.25) is 0 Å². The van der Waals surface area contributed by atoms with Crippen LogP contribution in [0.4, 0.5) is 5.69 Å². The summed E-state index contributed by atoms with van der Waals surface area (Å²) in [6, 6.07) is 5.42. The number of nitrogens with zero attached hydrogens (tertiary/aromatic N) is 2. The fourth-order valence-corrected chi connectivity index (χ4v) is 2.14. The first-order valence-corrected chi connectivity index (χ1v) is 6.41. The molecule has 0 radical (unpaired) electrons. The number of rotatable bonds is 4. The van der Waals surface area contributed by atoms with Crippen LogP contribution in [0.25, 0.3) is 0 Å². The topological polar surface area (TPSA) is 66.6 Å². The maximum absolute atomic E-state index is 12.1. The van der Waals surface area contributed by atoms with Gasteiger partial charge in [-0.3, -0.25) is 14.5 Å². The molecular weight excluding hydrogens is 242 g/mol. The zero-order valence-corrected chi connectivity index (χ0v) is 11.1. The van der Waals surface area contributed by atoms with Crippen molar-refractivity contribution < 1.29 is 9.59 Å². The van der Waals surface area contributed by atoms with E-state index in [-0.39, 0.29) is 5.78 Å². The highest BCUT2D eigenvalue weighted by Crippen LogP contribution is 2.14. The Morgan fingerprint density at radius 3 is 2.58 bits per heavy atom. The van der Waals surface area contributed by atoms with E-state index in [1.165, 1.54) is 0 Å². The molecule has 1 heterocycles. The van der Waals surface area contributed by atoms with Gasteiger partial charge in [-0.2, -0.15) is 0 Å². The third-order valence-corrected chi connectivity index (χ3v) is 3.52. The standard InChI is InChI=1S/C14H19N3O2/c1-11-2-3-12(8-13(11)15)14(19)9-16-4-6-17(10-18)7-5-16/h2-3,8,10H,4-7,9,15H2,1H3. The molecule has 0 unspecified atom stereocenters. The fraction of sp³-hybridized carbons (Fsp3) is 0.429. The first kappa shape index (κ1) is 13.5. The van der Waals surface area contributed by atoms with Crippen molar-refractivity contribution in [1.82, 2.24) is 9.80 Å². The van der Waals surface area contributed by atoms with Gasteiger partial charge in [0.05, 0.1) is 6.54 Å². The molecule has 0 spiro atoms. The monoisotopic (exact) mass is 261 g/mol. The van der Waals surface area contributed by atoms with Crippen LogP contribution in [0.1, 0.15) is 15.9 Å². The summed E-state index contributed by atoms with van der Waals surface area (Å²) in [5, 5.41) is 0. The number of hydrogen-bond donors (Lipinski definition) is 1. The number of nitrogen functional groups attached to an aromatic ring is 1. The van der Waals surface area contributed by atoms with Gasteiger partial charge in [0.1, 0.15) is 0 Å². The maximum Gasteiger partial charge on any atom is 0.209 e. The van der Waals surface area contributed by atoms with Gasteiger partial charge in [0.25, 0.3) is 0 Å². The van der Waals surface area contributed by atoms with Gasteiger partial charge in [0.2, 0.25) is 6.41 Å². The average Bonchev–Trinajstić information content (AvgIpc) is 2.42. The number of nitrogens with two attached hydrogens (primary N) is 1. The molecule has 0 aliphatic carbocycles. The van der Waals surface area contributed by atoms with Crippen LogP contribution in [0.3, 0.4) is 0 Å². The molecule has 0 bridgehead atoms. The lowest BCUT2D eigenvalue weighted by Gasteiger charge is -2.31. The largest absolute Gasteiger partial charge is 0.398 e. The van der Waals surface area contributed by atoms with E-state index < -0.39 is 0 Å². The van der Waals surface area contributed by atoms with Gasteiger partial charge in [-0.15, -0.1) is 0 Å². The molecule has 19 heavy (non-hydrogen) atoms. The van der Waals surface area contributed by atoms with Gasteiger partial charge in [-0.25, -0.2) is 0 Å². The highest BCUT2D eigenvalue weighted by Gasteiger charge is 2.18. The molecule has 2 rings (SSSR count). The second-order valence-corrected chi connectivity index (χ2v) is 4.91. The minimum absolute atomic E-state index is 0.0752. The average molecular weight is 261 g/mol. The van der Waals surface area contributed by atoms with E-state index >= 15 is 0 Å². The van der Waals surface area contributed by atoms with E-state index in [1.807, 2.05) is 19.1 Å². The van der Waals surface area contributed by atoms with Gasteiger partial charge < -0.3 is 10.6 Å². The maximum atomic E-state index is 12.1. The van der Waals surface area contributed by atoms with Gasteiger partial charge in [-0.1, -0.05) is 12.1 Å². The molecule has 1 saturated heterocycles. The second kappa shape index (κ2) is 5.84. The summed E-state index contributed by atoms with van der Waals surface area (Å²) in [5.41, 5.74) is 8.10. The van der Waals surface area contributed by atoms with Crippen molar-refractivity contribution in [2.45, 2.75) is 6.92 Å². The molecule has 1 fully saturated rings. The van der Waals surface area contributed by atoms with E-state index in [4.69, 9.17) is 5.73 Å². The van der Waals surface area contributed by atoms with Crippen molar-refractivity contribution >= 4 is 17.9 Å². The smallest absolute Gasteiger partial charge is 0.209 e. The summed E-state index contributed by atoms with van der Waals surface area (Å²) in [4.78, 5) is 26.5. The Hall–Kier alpha value is -1.88. The third kappa shape index (κ3) is 3.32.